The van der Waals surface area contributed by atoms with E-state index in [2.05, 4.69) is 29.1 Å². The second kappa shape index (κ2) is 6.97. The van der Waals surface area contributed by atoms with Gasteiger partial charge in [0.1, 0.15) is 0 Å². The van der Waals surface area contributed by atoms with Crippen molar-refractivity contribution in [2.45, 2.75) is 32.7 Å². The predicted octanol–water partition coefficient (Wildman–Crippen LogP) is 0.785. The molecule has 0 aromatic heterocycles. The van der Waals surface area contributed by atoms with Crippen molar-refractivity contribution in [2.24, 2.45) is 5.92 Å². The minimum atomic E-state index is 0.0810. The third kappa shape index (κ3) is 3.96. The molecule has 100 valence electrons. The van der Waals surface area contributed by atoms with Crippen molar-refractivity contribution in [1.29, 1.82) is 0 Å². The third-order valence-corrected chi connectivity index (χ3v) is 3.59. The number of amides is 1. The summed E-state index contributed by atoms with van der Waals surface area (Å²) in [6.45, 7) is 7.97. The van der Waals surface area contributed by atoms with Crippen LogP contribution in [-0.2, 0) is 4.79 Å². The summed E-state index contributed by atoms with van der Waals surface area (Å²) in [6.07, 6.45) is 2.13. The van der Waals surface area contributed by atoms with Gasteiger partial charge < -0.3 is 15.1 Å². The van der Waals surface area contributed by atoms with Crippen molar-refractivity contribution >= 4 is 5.91 Å². The van der Waals surface area contributed by atoms with Gasteiger partial charge in [0, 0.05) is 31.6 Å². The van der Waals surface area contributed by atoms with Crippen LogP contribution < -0.4 is 5.32 Å². The van der Waals surface area contributed by atoms with E-state index < -0.39 is 0 Å². The molecule has 1 rings (SSSR count). The van der Waals surface area contributed by atoms with Crippen molar-refractivity contribution < 1.29 is 4.79 Å². The number of likely N-dealkylation sites (N-methyl/N-ethyl adjacent to an activating group) is 1. The molecule has 1 heterocycles. The number of carbonyl (C=O) groups excluding carboxylic acids is 1. The molecule has 1 aliphatic heterocycles. The number of nitrogens with zero attached hydrogens (tertiary/aromatic N) is 2. The first-order valence-corrected chi connectivity index (χ1v) is 6.73. The molecule has 1 saturated heterocycles. The number of carbonyl (C=O) groups is 1. The highest BCUT2D eigenvalue weighted by Gasteiger charge is 2.28. The molecule has 0 aliphatic carbocycles. The summed E-state index contributed by atoms with van der Waals surface area (Å²) < 4.78 is 0. The van der Waals surface area contributed by atoms with Crippen LogP contribution in [0.2, 0.25) is 0 Å². The van der Waals surface area contributed by atoms with Gasteiger partial charge in [-0.05, 0) is 33.5 Å². The maximum absolute atomic E-state index is 12.4. The molecule has 0 spiro atoms. The fourth-order valence-corrected chi connectivity index (χ4v) is 2.56. The van der Waals surface area contributed by atoms with Crippen LogP contribution in [0.25, 0.3) is 0 Å². The van der Waals surface area contributed by atoms with Gasteiger partial charge in [0.2, 0.25) is 5.91 Å². The Balaban J connectivity index is 2.67. The molecule has 0 saturated carbocycles. The van der Waals surface area contributed by atoms with Gasteiger partial charge in [-0.25, -0.2) is 0 Å². The van der Waals surface area contributed by atoms with Crippen LogP contribution in [0, 0.1) is 5.92 Å². The average molecular weight is 241 g/mol. The molecule has 0 aromatic carbocycles. The van der Waals surface area contributed by atoms with Crippen molar-refractivity contribution in [3.63, 3.8) is 0 Å². The molecule has 0 radical (unpaired) electrons. The molecule has 1 N–H and O–H groups in total. The highest BCUT2D eigenvalue weighted by Crippen LogP contribution is 2.15. The van der Waals surface area contributed by atoms with E-state index in [0.29, 0.717) is 11.9 Å². The predicted molar refractivity (Wildman–Crippen MR) is 71.0 cm³/mol. The van der Waals surface area contributed by atoms with Crippen LogP contribution in [0.4, 0.5) is 0 Å². The molecule has 17 heavy (non-hydrogen) atoms. The van der Waals surface area contributed by atoms with E-state index in [-0.39, 0.29) is 5.92 Å². The van der Waals surface area contributed by atoms with E-state index >= 15 is 0 Å². The Labute approximate surface area is 105 Å². The van der Waals surface area contributed by atoms with Crippen molar-refractivity contribution in [3.8, 4) is 0 Å². The Kier molecular flexibility index (Phi) is 5.92. The average Bonchev–Trinajstić information content (AvgIpc) is 2.49. The van der Waals surface area contributed by atoms with Crippen LogP contribution >= 0.6 is 0 Å². The van der Waals surface area contributed by atoms with Gasteiger partial charge in [0.15, 0.2) is 0 Å². The fraction of sp³-hybridized carbons (Fsp3) is 0.923. The lowest BCUT2D eigenvalue weighted by atomic mass is 10.1. The van der Waals surface area contributed by atoms with Gasteiger partial charge >= 0.3 is 0 Å². The molecule has 1 aliphatic rings. The Morgan fingerprint density at radius 1 is 1.47 bits per heavy atom. The smallest absolute Gasteiger partial charge is 0.226 e. The molecule has 4 nitrogen and oxygen atoms in total. The van der Waals surface area contributed by atoms with E-state index in [9.17, 15) is 4.79 Å². The van der Waals surface area contributed by atoms with Crippen molar-refractivity contribution in [2.75, 3.05) is 40.3 Å². The lowest BCUT2D eigenvalue weighted by Gasteiger charge is -2.32. The van der Waals surface area contributed by atoms with Crippen LogP contribution in [0.15, 0.2) is 0 Å². The van der Waals surface area contributed by atoms with E-state index in [1.165, 1.54) is 0 Å². The summed E-state index contributed by atoms with van der Waals surface area (Å²) in [5, 5.41) is 3.09. The number of hydrogen-bond acceptors (Lipinski definition) is 3. The first kappa shape index (κ1) is 14.5. The number of nitrogens with one attached hydrogen (secondary N) is 1. The van der Waals surface area contributed by atoms with Crippen molar-refractivity contribution in [3.05, 3.63) is 0 Å². The standard InChI is InChI=1S/C13H27N3O/c1-5-12-10-15(4)7-6-8-16(12)13(17)11(2)9-14-3/h11-12,14H,5-10H2,1-4H3. The first-order chi connectivity index (χ1) is 8.10. The van der Waals surface area contributed by atoms with Crippen LogP contribution in [0.1, 0.15) is 26.7 Å². The van der Waals surface area contributed by atoms with E-state index in [1.807, 2.05) is 14.0 Å². The monoisotopic (exact) mass is 241 g/mol. The zero-order valence-corrected chi connectivity index (χ0v) is 11.7. The summed E-state index contributed by atoms with van der Waals surface area (Å²) in [5.41, 5.74) is 0. The normalized spacial score (nSPS) is 24.5. The van der Waals surface area contributed by atoms with Gasteiger partial charge in [-0.2, -0.15) is 0 Å². The summed E-state index contributed by atoms with van der Waals surface area (Å²) >= 11 is 0. The second-order valence-corrected chi connectivity index (χ2v) is 5.17. The maximum Gasteiger partial charge on any atom is 0.226 e. The molecule has 2 unspecified atom stereocenters. The molecular formula is C13H27N3O. The first-order valence-electron chi connectivity index (χ1n) is 6.73. The van der Waals surface area contributed by atoms with Crippen LogP contribution in [0.3, 0.4) is 0 Å². The quantitative estimate of drug-likeness (QED) is 0.790. The third-order valence-electron chi connectivity index (χ3n) is 3.59. The van der Waals surface area contributed by atoms with E-state index in [0.717, 1.165) is 39.0 Å². The molecule has 0 aromatic rings. The van der Waals surface area contributed by atoms with Crippen molar-refractivity contribution in [1.82, 2.24) is 15.1 Å². The Morgan fingerprint density at radius 3 is 2.76 bits per heavy atom. The van der Waals surface area contributed by atoms with Gasteiger partial charge in [-0.15, -0.1) is 0 Å². The van der Waals surface area contributed by atoms with Crippen LogP contribution in [0.5, 0.6) is 0 Å². The second-order valence-electron chi connectivity index (χ2n) is 5.17. The molecular weight excluding hydrogens is 214 g/mol. The van der Waals surface area contributed by atoms with Gasteiger partial charge in [-0.1, -0.05) is 13.8 Å². The molecule has 2 atom stereocenters. The van der Waals surface area contributed by atoms with Gasteiger partial charge in [0.05, 0.1) is 0 Å². The fourth-order valence-electron chi connectivity index (χ4n) is 2.56. The Morgan fingerprint density at radius 2 is 2.18 bits per heavy atom. The molecule has 4 heteroatoms. The summed E-state index contributed by atoms with van der Waals surface area (Å²) in [6, 6.07) is 0.384. The lowest BCUT2D eigenvalue weighted by molar-refractivity contribution is -0.137. The molecule has 1 amide bonds. The number of rotatable bonds is 4. The summed E-state index contributed by atoms with van der Waals surface area (Å²) in [5.74, 6) is 0.388. The lowest BCUT2D eigenvalue weighted by Crippen LogP contribution is -2.47. The minimum Gasteiger partial charge on any atom is -0.338 e. The molecule has 0 bridgehead atoms. The highest BCUT2D eigenvalue weighted by atomic mass is 16.2. The maximum atomic E-state index is 12.4. The number of hydrogen-bond donors (Lipinski definition) is 1. The highest BCUT2D eigenvalue weighted by molar-refractivity contribution is 5.79. The topological polar surface area (TPSA) is 35.6 Å². The largest absolute Gasteiger partial charge is 0.338 e. The Bertz CT molecular complexity index is 245. The minimum absolute atomic E-state index is 0.0810. The zero-order chi connectivity index (χ0) is 12.8. The summed E-state index contributed by atoms with van der Waals surface area (Å²) in [7, 11) is 4.05. The zero-order valence-electron chi connectivity index (χ0n) is 11.7. The van der Waals surface area contributed by atoms with Crippen LogP contribution in [-0.4, -0.2) is 62.0 Å². The van der Waals surface area contributed by atoms with Gasteiger partial charge in [-0.3, -0.25) is 4.79 Å². The Hall–Kier alpha value is -0.610. The van der Waals surface area contributed by atoms with Gasteiger partial charge in [0.25, 0.3) is 0 Å². The molecule has 1 fully saturated rings. The van der Waals surface area contributed by atoms with E-state index in [1.54, 1.807) is 0 Å². The van der Waals surface area contributed by atoms with E-state index in [4.69, 9.17) is 0 Å². The SMILES string of the molecule is CCC1CN(C)CCCN1C(=O)C(C)CNC. The summed E-state index contributed by atoms with van der Waals surface area (Å²) in [4.78, 5) is 16.8.